The van der Waals surface area contributed by atoms with E-state index < -0.39 is 15.5 Å². The third kappa shape index (κ3) is 4.21. The molecule has 27 heavy (non-hydrogen) atoms. The number of likely N-dealkylation sites (tertiary alicyclic amines) is 1. The van der Waals surface area contributed by atoms with Gasteiger partial charge in [-0.25, -0.2) is 8.42 Å². The first-order valence-electron chi connectivity index (χ1n) is 9.36. The average Bonchev–Trinajstić information content (AvgIpc) is 2.56. The molecule has 0 aromatic carbocycles. The molecule has 0 saturated carbocycles. The summed E-state index contributed by atoms with van der Waals surface area (Å²) in [6.07, 6.45) is 0.764. The molecule has 0 radical (unpaired) electrons. The fourth-order valence-electron chi connectivity index (χ4n) is 3.49. The number of sulfonamides is 1. The molecule has 0 aromatic rings. The topological polar surface area (TPSA) is 65.0 Å². The summed E-state index contributed by atoms with van der Waals surface area (Å²) >= 11 is 0. The maximum absolute atomic E-state index is 12.7. The van der Waals surface area contributed by atoms with Crippen molar-refractivity contribution in [2.45, 2.75) is 58.5 Å². The molecule has 0 bridgehead atoms. The van der Waals surface area contributed by atoms with E-state index in [1.54, 1.807) is 0 Å². The number of nitrogens with one attached hydrogen (secondary N) is 1. The van der Waals surface area contributed by atoms with Crippen LogP contribution in [0, 0.1) is 11.3 Å². The zero-order valence-electron chi connectivity index (χ0n) is 16.7. The summed E-state index contributed by atoms with van der Waals surface area (Å²) < 4.78 is 61.5. The first-order valence-corrected chi connectivity index (χ1v) is 10.8. The van der Waals surface area contributed by atoms with E-state index in [1.807, 2.05) is 6.92 Å². The Bertz CT molecular complexity index is 666. The Hall–Kier alpha value is -1.03. The molecule has 0 aliphatic carbocycles. The maximum Gasteiger partial charge on any atom is 0.511 e. The molecule has 0 spiro atoms. The summed E-state index contributed by atoms with van der Waals surface area (Å²) in [6, 6.07) is 0. The van der Waals surface area contributed by atoms with Gasteiger partial charge in [-0.2, -0.15) is 17.5 Å². The number of hydrogen-bond donors (Lipinski definition) is 1. The van der Waals surface area contributed by atoms with E-state index in [0.29, 0.717) is 23.7 Å². The molecule has 2 aliphatic rings. The van der Waals surface area contributed by atoms with Crippen LogP contribution < -0.4 is 5.32 Å². The number of piperidine rings is 1. The van der Waals surface area contributed by atoms with E-state index in [1.165, 1.54) is 0 Å². The van der Waals surface area contributed by atoms with Gasteiger partial charge in [0.15, 0.2) is 5.96 Å². The highest BCUT2D eigenvalue weighted by molar-refractivity contribution is 7.90. The Labute approximate surface area is 160 Å². The molecule has 10 heteroatoms. The van der Waals surface area contributed by atoms with Gasteiger partial charge < -0.3 is 10.2 Å². The Morgan fingerprint density at radius 1 is 1.19 bits per heavy atom. The predicted molar refractivity (Wildman–Crippen MR) is 99.8 cm³/mol. The van der Waals surface area contributed by atoms with Crippen molar-refractivity contribution in [1.29, 1.82) is 0 Å². The predicted octanol–water partition coefficient (Wildman–Crippen LogP) is 2.63. The molecule has 1 N–H and O–H groups in total. The normalized spacial score (nSPS) is 24.6. The van der Waals surface area contributed by atoms with Gasteiger partial charge in [-0.05, 0) is 39.5 Å². The van der Waals surface area contributed by atoms with E-state index in [0.717, 1.165) is 19.0 Å². The minimum Gasteiger partial charge on any atom is -0.356 e. The summed E-state index contributed by atoms with van der Waals surface area (Å²) in [5, 5.41) is 3.29. The van der Waals surface area contributed by atoms with Crippen LogP contribution in [-0.2, 0) is 10.0 Å². The lowest BCUT2D eigenvalue weighted by Gasteiger charge is -2.62. The van der Waals surface area contributed by atoms with Gasteiger partial charge in [0.2, 0.25) is 0 Å². The van der Waals surface area contributed by atoms with Crippen LogP contribution in [0.4, 0.5) is 13.2 Å². The zero-order valence-corrected chi connectivity index (χ0v) is 17.5. The second-order valence-electron chi connectivity index (χ2n) is 8.52. The molecule has 2 aliphatic heterocycles. The summed E-state index contributed by atoms with van der Waals surface area (Å²) in [6.45, 7) is 12.6. The lowest BCUT2D eigenvalue weighted by Crippen LogP contribution is -2.72. The van der Waals surface area contributed by atoms with Crippen LogP contribution in [0.1, 0.15) is 47.5 Å². The Morgan fingerprint density at radius 2 is 1.74 bits per heavy atom. The fourth-order valence-corrected chi connectivity index (χ4v) is 4.47. The van der Waals surface area contributed by atoms with Crippen molar-refractivity contribution in [3.05, 3.63) is 0 Å². The van der Waals surface area contributed by atoms with E-state index >= 15 is 0 Å². The number of aliphatic imine (C=N–C) groups is 1. The molecule has 0 amide bonds. The van der Waals surface area contributed by atoms with Gasteiger partial charge in [0.1, 0.15) is 0 Å². The summed E-state index contributed by atoms with van der Waals surface area (Å²) in [7, 11) is -5.22. The Morgan fingerprint density at radius 3 is 2.15 bits per heavy atom. The molecule has 2 fully saturated rings. The molecule has 2 saturated heterocycles. The number of rotatable bonds is 4. The highest BCUT2D eigenvalue weighted by atomic mass is 32.2. The standard InChI is InChI=1S/C17H31F3N4O2S/c1-6-21-14(24-12-15(2,3)16(24,4)5)22-11-13-7-9-23(10-8-13)27(25,26)17(18,19)20/h13H,6-12H2,1-5H3,(H,21,22). The Kier molecular flexibility index (Phi) is 6.12. The smallest absolute Gasteiger partial charge is 0.356 e. The highest BCUT2D eigenvalue weighted by Gasteiger charge is 2.54. The van der Waals surface area contributed by atoms with E-state index in [4.69, 9.17) is 4.99 Å². The quantitative estimate of drug-likeness (QED) is 0.570. The lowest BCUT2D eigenvalue weighted by molar-refractivity contribution is -0.0668. The zero-order chi connectivity index (χ0) is 20.7. The van der Waals surface area contributed by atoms with E-state index in [-0.39, 0.29) is 30.0 Å². The second kappa shape index (κ2) is 7.42. The molecule has 2 rings (SSSR count). The van der Waals surface area contributed by atoms with Gasteiger partial charge in [-0.1, -0.05) is 13.8 Å². The van der Waals surface area contributed by atoms with Crippen molar-refractivity contribution >= 4 is 16.0 Å². The fraction of sp³-hybridized carbons (Fsp3) is 0.941. The molecule has 0 atom stereocenters. The van der Waals surface area contributed by atoms with Crippen molar-refractivity contribution in [3.63, 3.8) is 0 Å². The second-order valence-corrected chi connectivity index (χ2v) is 10.4. The van der Waals surface area contributed by atoms with Crippen molar-refractivity contribution in [2.24, 2.45) is 16.3 Å². The molecule has 0 aromatic heterocycles. The van der Waals surface area contributed by atoms with Crippen LogP contribution in [-0.4, -0.2) is 67.4 Å². The van der Waals surface area contributed by atoms with Crippen LogP contribution in [0.3, 0.4) is 0 Å². The molecule has 2 heterocycles. The van der Waals surface area contributed by atoms with Gasteiger partial charge in [0.05, 0.1) is 0 Å². The summed E-state index contributed by atoms with van der Waals surface area (Å²) in [5.41, 5.74) is -5.11. The SMILES string of the molecule is CCNC(=NCC1CCN(S(=O)(=O)C(F)(F)F)CC1)N1CC(C)(C)C1(C)C. The molecule has 158 valence electrons. The van der Waals surface area contributed by atoms with Gasteiger partial charge in [0, 0.05) is 43.7 Å². The van der Waals surface area contributed by atoms with Crippen molar-refractivity contribution < 1.29 is 21.6 Å². The number of nitrogens with zero attached hydrogens (tertiary/aromatic N) is 3. The number of hydrogen-bond acceptors (Lipinski definition) is 3. The van der Waals surface area contributed by atoms with Crippen LogP contribution in [0.25, 0.3) is 0 Å². The van der Waals surface area contributed by atoms with Crippen LogP contribution in [0.5, 0.6) is 0 Å². The minimum atomic E-state index is -5.23. The minimum absolute atomic E-state index is 0.0435. The number of halogens is 3. The maximum atomic E-state index is 12.7. The van der Waals surface area contributed by atoms with Gasteiger partial charge in [0.25, 0.3) is 0 Å². The highest BCUT2D eigenvalue weighted by Crippen LogP contribution is 2.46. The van der Waals surface area contributed by atoms with Crippen molar-refractivity contribution in [1.82, 2.24) is 14.5 Å². The van der Waals surface area contributed by atoms with Crippen LogP contribution in [0.2, 0.25) is 0 Å². The largest absolute Gasteiger partial charge is 0.511 e. The molecule has 6 nitrogen and oxygen atoms in total. The molecule has 0 unspecified atom stereocenters. The number of alkyl halides is 3. The first kappa shape index (κ1) is 22.3. The average molecular weight is 413 g/mol. The van der Waals surface area contributed by atoms with E-state index in [9.17, 15) is 21.6 Å². The van der Waals surface area contributed by atoms with Gasteiger partial charge >= 0.3 is 15.5 Å². The monoisotopic (exact) mass is 412 g/mol. The molecular formula is C17H31F3N4O2S. The number of guanidine groups is 1. The summed E-state index contributed by atoms with van der Waals surface area (Å²) in [5.74, 6) is 0.892. The third-order valence-electron chi connectivity index (χ3n) is 6.18. The Balaban J connectivity index is 1.98. The lowest BCUT2D eigenvalue weighted by atomic mass is 9.65. The van der Waals surface area contributed by atoms with Gasteiger partial charge in [-0.3, -0.25) is 4.99 Å². The van der Waals surface area contributed by atoms with Crippen molar-refractivity contribution in [2.75, 3.05) is 32.7 Å². The van der Waals surface area contributed by atoms with Crippen LogP contribution >= 0.6 is 0 Å². The third-order valence-corrected chi connectivity index (χ3v) is 7.81. The van der Waals surface area contributed by atoms with Crippen molar-refractivity contribution in [3.8, 4) is 0 Å². The van der Waals surface area contributed by atoms with Gasteiger partial charge in [-0.15, -0.1) is 0 Å². The van der Waals surface area contributed by atoms with E-state index in [2.05, 4.69) is 37.9 Å². The first-order chi connectivity index (χ1) is 12.2. The molecular weight excluding hydrogens is 381 g/mol. The summed E-state index contributed by atoms with van der Waals surface area (Å²) in [4.78, 5) is 6.92. The van der Waals surface area contributed by atoms with Crippen LogP contribution in [0.15, 0.2) is 4.99 Å².